The Morgan fingerprint density at radius 1 is 0.769 bits per heavy atom. The van der Waals surface area contributed by atoms with Crippen LogP contribution in [0, 0.1) is 0 Å². The van der Waals surface area contributed by atoms with Gasteiger partial charge < -0.3 is 25.1 Å². The molecule has 0 radical (unpaired) electrons. The van der Waals surface area contributed by atoms with Crippen LogP contribution in [-0.4, -0.2) is 23.7 Å². The highest BCUT2D eigenvalue weighted by Gasteiger charge is 2.14. The molecule has 0 atom stereocenters. The van der Waals surface area contributed by atoms with Gasteiger partial charge in [0.05, 0.1) is 11.2 Å². The highest BCUT2D eigenvalue weighted by atomic mass is 16.6. The molecule has 0 bridgehead atoms. The van der Waals surface area contributed by atoms with Gasteiger partial charge in [-0.2, -0.15) is 0 Å². The van der Waals surface area contributed by atoms with Gasteiger partial charge in [-0.05, 0) is 40.5 Å². The quantitative estimate of drug-likeness (QED) is 0.203. The summed E-state index contributed by atoms with van der Waals surface area (Å²) >= 11 is 0. The number of benzene rings is 4. The summed E-state index contributed by atoms with van der Waals surface area (Å²) in [4.78, 5) is 24.6. The van der Waals surface area contributed by atoms with Crippen molar-refractivity contribution in [1.82, 2.24) is 15.2 Å². The van der Waals surface area contributed by atoms with Gasteiger partial charge in [-0.15, -0.1) is 0 Å². The lowest BCUT2D eigenvalue weighted by Gasteiger charge is -2.10. The third-order valence-electron chi connectivity index (χ3n) is 6.28. The molecule has 1 aromatic heterocycles. The van der Waals surface area contributed by atoms with E-state index in [-0.39, 0.29) is 6.73 Å². The summed E-state index contributed by atoms with van der Waals surface area (Å²) in [5.41, 5.74) is 6.21. The van der Waals surface area contributed by atoms with Gasteiger partial charge >= 0.3 is 11.8 Å². The van der Waals surface area contributed by atoms with Gasteiger partial charge in [0.2, 0.25) is 0 Å². The van der Waals surface area contributed by atoms with Crippen LogP contribution in [0.5, 0.6) is 0 Å². The molecule has 8 heteroatoms. The van der Waals surface area contributed by atoms with Crippen LogP contribution in [-0.2, 0) is 24.6 Å². The minimum Gasteiger partial charge on any atom is -0.428 e. The van der Waals surface area contributed by atoms with Crippen LogP contribution < -0.4 is 21.7 Å². The van der Waals surface area contributed by atoms with Gasteiger partial charge in [-0.25, -0.2) is 14.2 Å². The molecule has 4 aromatic carbocycles. The van der Waals surface area contributed by atoms with Crippen molar-refractivity contribution in [2.75, 3.05) is 18.4 Å². The summed E-state index contributed by atoms with van der Waals surface area (Å²) in [6, 6.07) is 33.7. The lowest BCUT2D eigenvalue weighted by Crippen LogP contribution is -2.26. The predicted octanol–water partition coefficient (Wildman–Crippen LogP) is 5.35. The van der Waals surface area contributed by atoms with E-state index in [9.17, 15) is 9.59 Å². The zero-order valence-corrected chi connectivity index (χ0v) is 21.4. The third-order valence-corrected chi connectivity index (χ3v) is 6.28. The SMILES string of the molecule is O=C(NCc1ccccc1)OCn1c(=O)oc2c(NCCNCc3cccc(-c4ccccc4)c3)cccc21. The summed E-state index contributed by atoms with van der Waals surface area (Å²) in [6.07, 6.45) is -0.616. The highest BCUT2D eigenvalue weighted by Crippen LogP contribution is 2.23. The summed E-state index contributed by atoms with van der Waals surface area (Å²) in [5, 5.41) is 9.45. The maximum absolute atomic E-state index is 12.5. The van der Waals surface area contributed by atoms with E-state index in [1.54, 1.807) is 6.07 Å². The van der Waals surface area contributed by atoms with Crippen molar-refractivity contribution < 1.29 is 13.9 Å². The smallest absolute Gasteiger partial charge is 0.422 e. The van der Waals surface area contributed by atoms with Gasteiger partial charge in [0.1, 0.15) is 0 Å². The van der Waals surface area contributed by atoms with Crippen LogP contribution in [0.25, 0.3) is 22.2 Å². The molecule has 198 valence electrons. The standard InChI is InChI=1S/C31H30N4O4/c36-30(34-21-23-9-3-1-4-10-23)38-22-35-28-16-8-15-27(29(28)39-31(35)37)33-18-17-32-20-24-11-7-14-26(19-24)25-12-5-2-6-13-25/h1-16,19,32-33H,17-18,20-22H2,(H,34,36). The van der Waals surface area contributed by atoms with Crippen molar-refractivity contribution in [3.05, 3.63) is 125 Å². The Bertz CT molecular complexity index is 1580. The number of carbonyl (C=O) groups is 1. The molecule has 8 nitrogen and oxygen atoms in total. The fourth-order valence-electron chi connectivity index (χ4n) is 4.30. The van der Waals surface area contributed by atoms with Gasteiger partial charge in [0.25, 0.3) is 0 Å². The van der Waals surface area contributed by atoms with Crippen molar-refractivity contribution >= 4 is 22.9 Å². The molecule has 0 aliphatic rings. The first-order chi connectivity index (χ1) is 19.2. The summed E-state index contributed by atoms with van der Waals surface area (Å²) in [7, 11) is 0. The molecular weight excluding hydrogens is 492 g/mol. The Morgan fingerprint density at radius 3 is 2.31 bits per heavy atom. The molecule has 0 fully saturated rings. The van der Waals surface area contributed by atoms with Gasteiger partial charge in [-0.1, -0.05) is 84.9 Å². The Balaban J connectivity index is 1.12. The number of amides is 1. The first-order valence-corrected chi connectivity index (χ1v) is 12.8. The Labute approximate surface area is 226 Å². The number of rotatable bonds is 11. The van der Waals surface area contributed by atoms with Crippen LogP contribution in [0.3, 0.4) is 0 Å². The lowest BCUT2D eigenvalue weighted by atomic mass is 10.0. The number of fused-ring (bicyclic) bond motifs is 1. The van der Waals surface area contributed by atoms with E-state index >= 15 is 0 Å². The number of anilines is 1. The van der Waals surface area contributed by atoms with Crippen LogP contribution in [0.15, 0.2) is 112 Å². The predicted molar refractivity (Wildman–Crippen MR) is 152 cm³/mol. The molecule has 0 unspecified atom stereocenters. The molecule has 5 aromatic rings. The van der Waals surface area contributed by atoms with E-state index in [2.05, 4.69) is 52.3 Å². The topological polar surface area (TPSA) is 97.5 Å². The molecule has 0 saturated carbocycles. The average molecular weight is 523 g/mol. The van der Waals surface area contributed by atoms with Crippen molar-refractivity contribution in [3.63, 3.8) is 0 Å². The molecule has 1 amide bonds. The number of alkyl carbamates (subject to hydrolysis) is 1. The zero-order valence-electron chi connectivity index (χ0n) is 21.4. The Kier molecular flexibility index (Phi) is 8.35. The van der Waals surface area contributed by atoms with Crippen molar-refractivity contribution in [3.8, 4) is 11.1 Å². The number of carbonyl (C=O) groups excluding carboxylic acids is 1. The van der Waals surface area contributed by atoms with E-state index in [0.717, 1.165) is 12.1 Å². The van der Waals surface area contributed by atoms with Gasteiger partial charge in [0.15, 0.2) is 12.3 Å². The highest BCUT2D eigenvalue weighted by molar-refractivity contribution is 5.86. The first kappa shape index (κ1) is 25.8. The number of nitrogens with one attached hydrogen (secondary N) is 3. The normalized spacial score (nSPS) is 10.9. The lowest BCUT2D eigenvalue weighted by molar-refractivity contribution is 0.112. The monoisotopic (exact) mass is 522 g/mol. The zero-order chi connectivity index (χ0) is 26.9. The van der Waals surface area contributed by atoms with E-state index in [0.29, 0.717) is 36.4 Å². The number of oxazole rings is 1. The van der Waals surface area contributed by atoms with Gasteiger partial charge in [0, 0.05) is 26.2 Å². The second-order valence-corrected chi connectivity index (χ2v) is 9.02. The Morgan fingerprint density at radius 2 is 1.49 bits per heavy atom. The van der Waals surface area contributed by atoms with E-state index in [1.165, 1.54) is 21.3 Å². The van der Waals surface area contributed by atoms with Crippen LogP contribution >= 0.6 is 0 Å². The number of nitrogens with zero attached hydrogens (tertiary/aromatic N) is 1. The molecule has 3 N–H and O–H groups in total. The fourth-order valence-corrected chi connectivity index (χ4v) is 4.30. The van der Waals surface area contributed by atoms with Crippen molar-refractivity contribution in [2.24, 2.45) is 0 Å². The maximum Gasteiger partial charge on any atom is 0.422 e. The third kappa shape index (κ3) is 6.74. The molecule has 5 rings (SSSR count). The average Bonchev–Trinajstić information content (AvgIpc) is 3.31. The van der Waals surface area contributed by atoms with Crippen LogP contribution in [0.2, 0.25) is 0 Å². The molecule has 1 heterocycles. The van der Waals surface area contributed by atoms with Gasteiger partial charge in [-0.3, -0.25) is 0 Å². The second-order valence-electron chi connectivity index (χ2n) is 9.02. The molecule has 0 spiro atoms. The largest absolute Gasteiger partial charge is 0.428 e. The fraction of sp³-hybridized carbons (Fsp3) is 0.161. The van der Waals surface area contributed by atoms with E-state index < -0.39 is 11.8 Å². The van der Waals surface area contributed by atoms with E-state index in [4.69, 9.17) is 9.15 Å². The molecule has 0 saturated heterocycles. The number of hydrogen-bond acceptors (Lipinski definition) is 6. The van der Waals surface area contributed by atoms with Crippen molar-refractivity contribution in [2.45, 2.75) is 19.8 Å². The second kappa shape index (κ2) is 12.6. The number of para-hydroxylation sites is 1. The molecule has 39 heavy (non-hydrogen) atoms. The number of aromatic nitrogens is 1. The molecule has 0 aliphatic carbocycles. The first-order valence-electron chi connectivity index (χ1n) is 12.8. The Hall–Kier alpha value is -4.82. The molecular formula is C31H30N4O4. The number of hydrogen-bond donors (Lipinski definition) is 3. The molecule has 0 aliphatic heterocycles. The van der Waals surface area contributed by atoms with Crippen molar-refractivity contribution in [1.29, 1.82) is 0 Å². The van der Waals surface area contributed by atoms with Crippen LogP contribution in [0.1, 0.15) is 11.1 Å². The summed E-state index contributed by atoms with van der Waals surface area (Å²) < 4.78 is 12.0. The van der Waals surface area contributed by atoms with E-state index in [1.807, 2.05) is 60.7 Å². The minimum absolute atomic E-state index is 0.250. The van der Waals surface area contributed by atoms with Crippen LogP contribution in [0.4, 0.5) is 10.5 Å². The maximum atomic E-state index is 12.5. The summed E-state index contributed by atoms with van der Waals surface area (Å²) in [6.45, 7) is 2.16. The minimum atomic E-state index is -0.616. The summed E-state index contributed by atoms with van der Waals surface area (Å²) in [5.74, 6) is -0.591. The number of ether oxygens (including phenoxy) is 1.